The first-order chi connectivity index (χ1) is 8.28. The third-order valence-corrected chi connectivity index (χ3v) is 6.30. The summed E-state index contributed by atoms with van der Waals surface area (Å²) in [5.74, 6) is 2.20. The molecule has 0 amide bonds. The standard InChI is InChI=1S/C12H22N2O2S2/c1-9(2)6-10-7-17-11(13-10)14-12(3)4-5-18(15,16)8-12/h9-10H,4-8H2,1-3H3,(H,13,14). The number of nitrogens with zero attached hydrogens (tertiary/aromatic N) is 1. The Labute approximate surface area is 114 Å². The van der Waals surface area contributed by atoms with Crippen LogP contribution in [0, 0.1) is 5.92 Å². The quantitative estimate of drug-likeness (QED) is 0.859. The van der Waals surface area contributed by atoms with Gasteiger partial charge in [0.15, 0.2) is 15.0 Å². The molecule has 1 fully saturated rings. The Morgan fingerprint density at radius 2 is 2.28 bits per heavy atom. The lowest BCUT2D eigenvalue weighted by Gasteiger charge is -2.24. The fraction of sp³-hybridized carbons (Fsp3) is 0.917. The van der Waals surface area contributed by atoms with Crippen molar-refractivity contribution < 1.29 is 8.42 Å². The van der Waals surface area contributed by atoms with Gasteiger partial charge in [0.2, 0.25) is 0 Å². The average molecular weight is 290 g/mol. The number of amidine groups is 1. The molecule has 0 aromatic heterocycles. The Balaban J connectivity index is 1.95. The van der Waals surface area contributed by atoms with E-state index in [1.807, 2.05) is 6.92 Å². The SMILES string of the molecule is CC(C)CC1CSC(NC2(C)CCS(=O)(=O)C2)=N1. The van der Waals surface area contributed by atoms with Gasteiger partial charge in [0, 0.05) is 5.75 Å². The second-order valence-corrected chi connectivity index (χ2v) is 9.25. The maximum Gasteiger partial charge on any atom is 0.157 e. The molecule has 1 saturated heterocycles. The monoisotopic (exact) mass is 290 g/mol. The van der Waals surface area contributed by atoms with Crippen LogP contribution in [0.1, 0.15) is 33.6 Å². The van der Waals surface area contributed by atoms with Crippen molar-refractivity contribution in [2.45, 2.75) is 45.2 Å². The summed E-state index contributed by atoms with van der Waals surface area (Å²) in [6.45, 7) is 6.39. The van der Waals surface area contributed by atoms with Crippen molar-refractivity contribution in [1.82, 2.24) is 5.32 Å². The Bertz CT molecular complexity index is 445. The Kier molecular flexibility index (Phi) is 3.97. The van der Waals surface area contributed by atoms with E-state index >= 15 is 0 Å². The summed E-state index contributed by atoms with van der Waals surface area (Å²) >= 11 is 1.72. The van der Waals surface area contributed by atoms with Crippen molar-refractivity contribution in [1.29, 1.82) is 0 Å². The molecular formula is C12H22N2O2S2. The van der Waals surface area contributed by atoms with Crippen LogP contribution in [0.4, 0.5) is 0 Å². The van der Waals surface area contributed by atoms with Gasteiger partial charge in [0.1, 0.15) is 0 Å². The van der Waals surface area contributed by atoms with Gasteiger partial charge in [0.25, 0.3) is 0 Å². The topological polar surface area (TPSA) is 58.5 Å². The van der Waals surface area contributed by atoms with Gasteiger partial charge < -0.3 is 5.32 Å². The van der Waals surface area contributed by atoms with Gasteiger partial charge in [-0.1, -0.05) is 25.6 Å². The molecule has 104 valence electrons. The second-order valence-electron chi connectivity index (χ2n) is 6.06. The van der Waals surface area contributed by atoms with Crippen molar-refractivity contribution in [2.24, 2.45) is 10.9 Å². The molecule has 18 heavy (non-hydrogen) atoms. The number of rotatable bonds is 3. The number of aliphatic imine (C=N–C) groups is 1. The van der Waals surface area contributed by atoms with Gasteiger partial charge in [0.05, 0.1) is 23.1 Å². The van der Waals surface area contributed by atoms with Crippen LogP contribution < -0.4 is 5.32 Å². The molecule has 0 bridgehead atoms. The third kappa shape index (κ3) is 3.63. The van der Waals surface area contributed by atoms with Crippen LogP contribution in [0.15, 0.2) is 4.99 Å². The normalized spacial score (nSPS) is 34.9. The lowest BCUT2D eigenvalue weighted by molar-refractivity contribution is 0.472. The highest BCUT2D eigenvalue weighted by atomic mass is 32.2. The molecule has 0 aromatic rings. The molecule has 0 radical (unpaired) electrons. The largest absolute Gasteiger partial charge is 0.359 e. The van der Waals surface area contributed by atoms with Gasteiger partial charge in [-0.2, -0.15) is 0 Å². The molecule has 0 saturated carbocycles. The number of thioether (sulfide) groups is 1. The Hall–Kier alpha value is -0.230. The summed E-state index contributed by atoms with van der Waals surface area (Å²) < 4.78 is 23.1. The molecule has 2 heterocycles. The summed E-state index contributed by atoms with van der Waals surface area (Å²) in [6.07, 6.45) is 1.79. The number of nitrogens with one attached hydrogen (secondary N) is 1. The highest BCUT2D eigenvalue weighted by molar-refractivity contribution is 8.14. The summed E-state index contributed by atoms with van der Waals surface area (Å²) in [4.78, 5) is 4.66. The molecule has 2 rings (SSSR count). The molecule has 2 unspecified atom stereocenters. The second kappa shape index (κ2) is 5.04. The number of hydrogen-bond acceptors (Lipinski definition) is 5. The maximum atomic E-state index is 11.5. The Morgan fingerprint density at radius 3 is 2.83 bits per heavy atom. The number of hydrogen-bond donors (Lipinski definition) is 1. The first-order valence-electron chi connectivity index (χ1n) is 6.47. The minimum atomic E-state index is -2.85. The fourth-order valence-corrected chi connectivity index (χ4v) is 5.71. The average Bonchev–Trinajstić information content (AvgIpc) is 2.71. The molecule has 0 spiro atoms. The zero-order valence-corrected chi connectivity index (χ0v) is 12.9. The zero-order chi connectivity index (χ0) is 13.4. The molecule has 0 aromatic carbocycles. The van der Waals surface area contributed by atoms with E-state index in [0.29, 0.717) is 24.1 Å². The van der Waals surface area contributed by atoms with E-state index in [2.05, 4.69) is 24.2 Å². The van der Waals surface area contributed by atoms with E-state index in [1.165, 1.54) is 0 Å². The van der Waals surface area contributed by atoms with Crippen LogP contribution in [0.3, 0.4) is 0 Å². The summed E-state index contributed by atoms with van der Waals surface area (Å²) in [7, 11) is -2.85. The molecule has 4 nitrogen and oxygen atoms in total. The molecule has 6 heteroatoms. The van der Waals surface area contributed by atoms with Crippen LogP contribution in [0.5, 0.6) is 0 Å². The van der Waals surface area contributed by atoms with Crippen molar-refractivity contribution in [2.75, 3.05) is 17.3 Å². The first kappa shape index (κ1) is 14.2. The van der Waals surface area contributed by atoms with Gasteiger partial charge >= 0.3 is 0 Å². The van der Waals surface area contributed by atoms with E-state index < -0.39 is 9.84 Å². The van der Waals surface area contributed by atoms with Crippen molar-refractivity contribution >= 4 is 26.8 Å². The molecule has 2 aliphatic rings. The predicted octanol–water partition coefficient (Wildman–Crippen LogP) is 1.67. The molecular weight excluding hydrogens is 268 g/mol. The minimum absolute atomic E-state index is 0.231. The van der Waals surface area contributed by atoms with E-state index in [1.54, 1.807) is 11.8 Å². The summed E-state index contributed by atoms with van der Waals surface area (Å²) in [6, 6.07) is 0.388. The smallest absolute Gasteiger partial charge is 0.157 e. The minimum Gasteiger partial charge on any atom is -0.359 e. The fourth-order valence-electron chi connectivity index (χ4n) is 2.52. The number of sulfone groups is 1. The lowest BCUT2D eigenvalue weighted by atomic mass is 10.0. The Morgan fingerprint density at radius 1 is 1.56 bits per heavy atom. The van der Waals surface area contributed by atoms with Crippen LogP contribution in [0.25, 0.3) is 0 Å². The van der Waals surface area contributed by atoms with Crippen molar-refractivity contribution in [3.05, 3.63) is 0 Å². The van der Waals surface area contributed by atoms with Gasteiger partial charge in [-0.3, -0.25) is 4.99 Å². The highest BCUT2D eigenvalue weighted by Gasteiger charge is 2.39. The molecule has 0 aliphatic carbocycles. The van der Waals surface area contributed by atoms with Crippen molar-refractivity contribution in [3.8, 4) is 0 Å². The van der Waals surface area contributed by atoms with Crippen LogP contribution in [0.2, 0.25) is 0 Å². The summed E-state index contributed by atoms with van der Waals surface area (Å²) in [5.41, 5.74) is -0.322. The van der Waals surface area contributed by atoms with E-state index in [4.69, 9.17) is 0 Å². The maximum absolute atomic E-state index is 11.5. The van der Waals surface area contributed by atoms with E-state index in [-0.39, 0.29) is 11.3 Å². The zero-order valence-electron chi connectivity index (χ0n) is 11.3. The van der Waals surface area contributed by atoms with E-state index in [9.17, 15) is 8.42 Å². The highest BCUT2D eigenvalue weighted by Crippen LogP contribution is 2.27. The lowest BCUT2D eigenvalue weighted by Crippen LogP contribution is -2.45. The van der Waals surface area contributed by atoms with Crippen molar-refractivity contribution in [3.63, 3.8) is 0 Å². The van der Waals surface area contributed by atoms with Crippen LogP contribution in [-0.2, 0) is 9.84 Å². The van der Waals surface area contributed by atoms with Crippen LogP contribution >= 0.6 is 11.8 Å². The predicted molar refractivity (Wildman–Crippen MR) is 77.9 cm³/mol. The third-order valence-electron chi connectivity index (χ3n) is 3.37. The van der Waals surface area contributed by atoms with E-state index in [0.717, 1.165) is 17.3 Å². The molecule has 2 atom stereocenters. The van der Waals surface area contributed by atoms with Crippen LogP contribution in [-0.4, -0.2) is 42.4 Å². The van der Waals surface area contributed by atoms with Gasteiger partial charge in [-0.15, -0.1) is 0 Å². The first-order valence-corrected chi connectivity index (χ1v) is 9.28. The van der Waals surface area contributed by atoms with Gasteiger partial charge in [-0.05, 0) is 25.7 Å². The van der Waals surface area contributed by atoms with Gasteiger partial charge in [-0.25, -0.2) is 8.42 Å². The molecule has 2 aliphatic heterocycles. The summed E-state index contributed by atoms with van der Waals surface area (Å²) in [5, 5.41) is 4.28. The molecule has 1 N–H and O–H groups in total.